The van der Waals surface area contributed by atoms with Crippen LogP contribution in [-0.2, 0) is 23.9 Å². The van der Waals surface area contributed by atoms with Crippen LogP contribution in [0, 0.1) is 0 Å². The molecule has 4 N–H and O–H groups in total. The van der Waals surface area contributed by atoms with E-state index in [9.17, 15) is 19.2 Å². The van der Waals surface area contributed by atoms with Gasteiger partial charge in [-0.2, -0.15) is 0 Å². The largest absolute Gasteiger partial charge is 0.453 e. The van der Waals surface area contributed by atoms with Gasteiger partial charge < -0.3 is 39.8 Å². The summed E-state index contributed by atoms with van der Waals surface area (Å²) in [5.41, 5.74) is 6.44. The van der Waals surface area contributed by atoms with Crippen LogP contribution in [0.4, 0.5) is 4.79 Å². The Hall–Kier alpha value is -6.64. The highest BCUT2D eigenvalue weighted by Gasteiger charge is 2.32. The van der Waals surface area contributed by atoms with E-state index in [1.54, 1.807) is 19.1 Å². The Kier molecular flexibility index (Phi) is 20.7. The first-order valence-electron chi connectivity index (χ1n) is 21.3. The molecule has 0 aliphatic carbocycles. The molecule has 0 bridgehead atoms. The van der Waals surface area contributed by atoms with Crippen molar-refractivity contribution in [1.29, 1.82) is 0 Å². The number of aromatic amines is 2. The van der Waals surface area contributed by atoms with Crippen LogP contribution in [0.15, 0.2) is 109 Å². The molecule has 2 saturated heterocycles. The highest BCUT2D eigenvalue weighted by molar-refractivity contribution is 5.90. The van der Waals surface area contributed by atoms with Crippen molar-refractivity contribution in [3.05, 3.63) is 121 Å². The molecular formula is C49H62N8O6. The monoisotopic (exact) mass is 858 g/mol. The summed E-state index contributed by atoms with van der Waals surface area (Å²) in [6, 6.07) is 33.8. The van der Waals surface area contributed by atoms with Gasteiger partial charge in [-0.05, 0) is 78.9 Å². The van der Waals surface area contributed by atoms with Crippen LogP contribution in [0.25, 0.3) is 44.4 Å². The van der Waals surface area contributed by atoms with Crippen LogP contribution in [0.5, 0.6) is 0 Å². The lowest BCUT2D eigenvalue weighted by Crippen LogP contribution is -2.40. The molecule has 14 nitrogen and oxygen atoms in total. The molecule has 8 rings (SSSR count). The topological polar surface area (TPSA) is 175 Å². The summed E-state index contributed by atoms with van der Waals surface area (Å²) in [6.45, 7) is 6.02. The molecule has 0 radical (unpaired) electrons. The van der Waals surface area contributed by atoms with E-state index < -0.39 is 6.09 Å². The van der Waals surface area contributed by atoms with Gasteiger partial charge in [0.15, 0.2) is 0 Å². The first-order chi connectivity index (χ1) is 30.7. The van der Waals surface area contributed by atoms with Gasteiger partial charge in [-0.15, -0.1) is 0 Å². The maximum atomic E-state index is 12.7. The predicted octanol–water partition coefficient (Wildman–Crippen LogP) is 8.37. The van der Waals surface area contributed by atoms with Crippen molar-refractivity contribution in [1.82, 2.24) is 40.4 Å². The lowest BCUT2D eigenvalue weighted by atomic mass is 9.98. The second-order valence-corrected chi connectivity index (χ2v) is 14.9. The smallest absolute Gasteiger partial charge is 0.407 e. The second kappa shape index (κ2) is 26.6. The van der Waals surface area contributed by atoms with E-state index in [4.69, 9.17) is 0 Å². The Labute approximate surface area is 370 Å². The third-order valence-electron chi connectivity index (χ3n) is 10.1. The van der Waals surface area contributed by atoms with Gasteiger partial charge in [0.25, 0.3) is 0 Å². The van der Waals surface area contributed by atoms with Gasteiger partial charge in [0.1, 0.15) is 24.5 Å². The molecule has 14 heteroatoms. The number of imidazole rings is 2. The highest BCUT2D eigenvalue weighted by atomic mass is 16.5. The lowest BCUT2D eigenvalue weighted by Gasteiger charge is -2.23. The number of nitrogens with zero attached hydrogens (tertiary/aromatic N) is 4. The van der Waals surface area contributed by atoms with Crippen molar-refractivity contribution in [2.75, 3.05) is 54.6 Å². The molecule has 2 fully saturated rings. The molecule has 0 spiro atoms. The zero-order valence-electron chi connectivity index (χ0n) is 37.3. The van der Waals surface area contributed by atoms with Crippen LogP contribution in [0.1, 0.15) is 69.7 Å². The number of hydrogen-bond acceptors (Lipinski definition) is 9. The molecule has 6 aromatic rings. The molecule has 63 heavy (non-hydrogen) atoms. The van der Waals surface area contributed by atoms with Gasteiger partial charge in [-0.1, -0.05) is 105 Å². The number of H-pyrrole nitrogens is 2. The Morgan fingerprint density at radius 3 is 1.75 bits per heavy atom. The molecular weight excluding hydrogens is 797 g/mol. The number of amides is 3. The number of carbonyl (C=O) groups is 4. The van der Waals surface area contributed by atoms with Crippen LogP contribution in [0.2, 0.25) is 0 Å². The predicted molar refractivity (Wildman–Crippen MR) is 249 cm³/mol. The fourth-order valence-corrected chi connectivity index (χ4v) is 7.15. The molecule has 2 aliphatic heterocycles. The third kappa shape index (κ3) is 14.8. The van der Waals surface area contributed by atoms with Gasteiger partial charge >= 0.3 is 6.09 Å². The average Bonchev–Trinajstić information content (AvgIpc) is 4.17. The van der Waals surface area contributed by atoms with Gasteiger partial charge in [0, 0.05) is 26.3 Å². The van der Waals surface area contributed by atoms with Crippen molar-refractivity contribution < 1.29 is 28.7 Å². The highest BCUT2D eigenvalue weighted by Crippen LogP contribution is 2.34. The molecule has 2 atom stereocenters. The van der Waals surface area contributed by atoms with Gasteiger partial charge in [-0.25, -0.2) is 14.8 Å². The summed E-state index contributed by atoms with van der Waals surface area (Å²) in [5, 5.41) is 6.92. The van der Waals surface area contributed by atoms with Crippen molar-refractivity contribution >= 4 is 35.5 Å². The number of carbonyl (C=O) groups excluding carboxylic acids is 4. The number of fused-ring (bicyclic) bond motifs is 1. The molecule has 0 saturated carbocycles. The SMILES string of the molecule is CCC.COC.COC(=O)NCC(=O)N1CCCC1c1ncc(-c2ccc3cc(-c4ccc(-c5cnc(C6CCCN6C)[nH]5)cc4)ccc3c2)[nH]1.O=CCNC=O.c1ccccc1. The number of hydrogen-bond donors (Lipinski definition) is 4. The molecule has 4 aromatic carbocycles. The van der Waals surface area contributed by atoms with Crippen molar-refractivity contribution in [2.45, 2.75) is 58.0 Å². The Morgan fingerprint density at radius 2 is 1.22 bits per heavy atom. The standard InChI is InChI=1S/C35H37N7O3.C6H6.C3H5NO2.C3H8.C2H6O/c1-41-15-3-5-30(41)33-36-19-28(39-33)23-9-7-22(8-10-23)24-11-12-26-18-27(14-13-25(26)17-24)29-20-37-34(40-29)31-6-4-16-42(31)32(43)21-38-35(44)45-2;1-2-4-6-5-3-1;5-2-1-4-3-6;2*1-3-2/h7-14,17-20,30-31H,3-6,15-16,21H2,1-2H3,(H,36,39)(H,37,40)(H,38,44);1-6H;2-3H,1H2,(H,4,6);3H2,1-2H3;1-2H3. The maximum absolute atomic E-state index is 12.7. The summed E-state index contributed by atoms with van der Waals surface area (Å²) >= 11 is 0. The van der Waals surface area contributed by atoms with Crippen LogP contribution in [0.3, 0.4) is 0 Å². The number of ether oxygens (including phenoxy) is 2. The molecule has 2 aliphatic rings. The molecule has 3 amide bonds. The van der Waals surface area contributed by atoms with E-state index in [1.165, 1.54) is 20.0 Å². The fraction of sp³-hybridized carbons (Fsp3) is 0.347. The number of benzene rings is 4. The normalized spacial score (nSPS) is 15.2. The Morgan fingerprint density at radius 1 is 0.730 bits per heavy atom. The number of alkyl carbamates (subject to hydrolysis) is 1. The first-order valence-corrected chi connectivity index (χ1v) is 21.3. The Balaban J connectivity index is 0.000000408. The minimum atomic E-state index is -0.618. The number of likely N-dealkylation sites (tertiary alicyclic amines) is 2. The van der Waals surface area contributed by atoms with E-state index in [-0.39, 0.29) is 25.0 Å². The van der Waals surface area contributed by atoms with Gasteiger partial charge in [-0.3, -0.25) is 14.5 Å². The minimum absolute atomic E-state index is 0.100. The van der Waals surface area contributed by atoms with E-state index in [0.29, 0.717) is 25.3 Å². The maximum Gasteiger partial charge on any atom is 0.407 e. The minimum Gasteiger partial charge on any atom is -0.453 e. The number of nitrogens with one attached hydrogen (secondary N) is 4. The number of aldehydes is 1. The van der Waals surface area contributed by atoms with Gasteiger partial charge in [0.05, 0.1) is 49.5 Å². The molecule has 334 valence electrons. The quantitative estimate of drug-likeness (QED) is 0.0780. The number of methoxy groups -OCH3 is 2. The fourth-order valence-electron chi connectivity index (χ4n) is 7.15. The summed E-state index contributed by atoms with van der Waals surface area (Å²) in [6.07, 6.45) is 9.57. The summed E-state index contributed by atoms with van der Waals surface area (Å²) in [7, 11) is 6.69. The average molecular weight is 859 g/mol. The van der Waals surface area contributed by atoms with Crippen molar-refractivity contribution in [3.63, 3.8) is 0 Å². The molecule has 2 aromatic heterocycles. The number of rotatable bonds is 10. The Bertz CT molecular complexity index is 2240. The zero-order chi connectivity index (χ0) is 45.4. The van der Waals surface area contributed by atoms with E-state index >= 15 is 0 Å². The van der Waals surface area contributed by atoms with Gasteiger partial charge in [0.2, 0.25) is 12.3 Å². The summed E-state index contributed by atoms with van der Waals surface area (Å²) in [5.74, 6) is 1.65. The number of aromatic nitrogens is 4. The molecule has 2 unspecified atom stereocenters. The van der Waals surface area contributed by atoms with E-state index in [1.807, 2.05) is 48.8 Å². The summed E-state index contributed by atoms with van der Waals surface area (Å²) in [4.78, 5) is 63.2. The third-order valence-corrected chi connectivity index (χ3v) is 10.1. The van der Waals surface area contributed by atoms with Crippen LogP contribution in [-0.4, -0.2) is 109 Å². The summed E-state index contributed by atoms with van der Waals surface area (Å²) < 4.78 is 8.83. The second-order valence-electron chi connectivity index (χ2n) is 14.9. The van der Waals surface area contributed by atoms with Crippen molar-refractivity contribution in [3.8, 4) is 33.6 Å². The lowest BCUT2D eigenvalue weighted by molar-refractivity contribution is -0.131. The van der Waals surface area contributed by atoms with E-state index in [2.05, 4.69) is 127 Å². The van der Waals surface area contributed by atoms with Crippen LogP contribution < -0.4 is 10.6 Å². The zero-order valence-corrected chi connectivity index (χ0v) is 37.3. The van der Waals surface area contributed by atoms with Crippen molar-refractivity contribution in [2.24, 2.45) is 0 Å². The molecule has 4 heterocycles. The van der Waals surface area contributed by atoms with E-state index in [0.717, 1.165) is 81.9 Å². The first kappa shape index (κ1) is 49.0. The van der Waals surface area contributed by atoms with Crippen LogP contribution >= 0.6 is 0 Å².